The molecule has 1 fully saturated rings. The van der Waals surface area contributed by atoms with Gasteiger partial charge in [-0.05, 0) is 38.8 Å². The van der Waals surface area contributed by atoms with E-state index < -0.39 is 21.2 Å². The molecule has 0 saturated heterocycles. The zero-order valence-electron chi connectivity index (χ0n) is 12.7. The van der Waals surface area contributed by atoms with Gasteiger partial charge in [0.2, 0.25) is 0 Å². The molecule has 0 aromatic heterocycles. The number of aliphatic hydroxyl groups excluding tert-OH is 1. The second-order valence-electron chi connectivity index (χ2n) is 6.04. The van der Waals surface area contributed by atoms with E-state index in [0.29, 0.717) is 17.9 Å². The van der Waals surface area contributed by atoms with Crippen LogP contribution < -0.4 is 5.32 Å². The highest BCUT2D eigenvalue weighted by Crippen LogP contribution is 2.29. The van der Waals surface area contributed by atoms with Gasteiger partial charge in [-0.1, -0.05) is 30.5 Å². The summed E-state index contributed by atoms with van der Waals surface area (Å²) in [6, 6.07) is 7.01. The number of hydrogen-bond donors (Lipinski definition) is 2. The maximum atomic E-state index is 12.9. The molecule has 0 bridgehead atoms. The van der Waals surface area contributed by atoms with Crippen LogP contribution in [0.25, 0.3) is 0 Å². The van der Waals surface area contributed by atoms with Gasteiger partial charge >= 0.3 is 0 Å². The Morgan fingerprint density at radius 3 is 2.48 bits per heavy atom. The molecule has 0 radical (unpaired) electrons. The van der Waals surface area contributed by atoms with Gasteiger partial charge in [-0.15, -0.1) is 0 Å². The smallest absolute Gasteiger partial charge is 0.182 e. The third-order valence-electron chi connectivity index (χ3n) is 4.13. The number of aliphatic hydroxyl groups is 1. The molecule has 1 aliphatic rings. The van der Waals surface area contributed by atoms with Crippen LogP contribution in [0.3, 0.4) is 0 Å². The van der Waals surface area contributed by atoms with Gasteiger partial charge in [0.15, 0.2) is 9.84 Å². The molecule has 0 heterocycles. The maximum Gasteiger partial charge on any atom is 0.182 e. The number of sulfone groups is 1. The van der Waals surface area contributed by atoms with Gasteiger partial charge < -0.3 is 10.4 Å². The lowest BCUT2D eigenvalue weighted by Crippen LogP contribution is -2.48. The predicted octanol–water partition coefficient (Wildman–Crippen LogP) is 2.05. The summed E-state index contributed by atoms with van der Waals surface area (Å²) in [6.45, 7) is 4.09. The maximum absolute atomic E-state index is 12.9. The molecule has 0 aliphatic heterocycles. The molecule has 0 spiro atoms. The zero-order valence-corrected chi connectivity index (χ0v) is 13.6. The van der Waals surface area contributed by atoms with E-state index in [2.05, 4.69) is 5.32 Å². The monoisotopic (exact) mass is 311 g/mol. The molecular formula is C16H25NO3S. The van der Waals surface area contributed by atoms with E-state index in [9.17, 15) is 13.5 Å². The first kappa shape index (κ1) is 16.5. The lowest BCUT2D eigenvalue weighted by Gasteiger charge is -2.32. The van der Waals surface area contributed by atoms with Gasteiger partial charge in [0.25, 0.3) is 0 Å². The molecule has 3 atom stereocenters. The van der Waals surface area contributed by atoms with E-state index >= 15 is 0 Å². The second-order valence-corrected chi connectivity index (χ2v) is 8.21. The Morgan fingerprint density at radius 2 is 1.86 bits per heavy atom. The molecule has 1 saturated carbocycles. The standard InChI is InChI=1S/C16H25NO3S/c1-12-7-9-14(10-8-12)21(19,20)16-6-4-3-5-15(16)17-11-13(2)18/h7-10,13,15-18H,3-6,11H2,1-2H3/t13-,15?,16?/m1/s1. The van der Waals surface area contributed by atoms with Crippen LogP contribution in [-0.2, 0) is 9.84 Å². The molecule has 1 aromatic rings. The highest BCUT2D eigenvalue weighted by molar-refractivity contribution is 7.92. The van der Waals surface area contributed by atoms with Gasteiger partial charge in [0.1, 0.15) is 0 Å². The Bertz CT molecular complexity index is 551. The third-order valence-corrected chi connectivity index (χ3v) is 6.42. The minimum absolute atomic E-state index is 0.0698. The Morgan fingerprint density at radius 1 is 1.24 bits per heavy atom. The molecule has 2 rings (SSSR count). The van der Waals surface area contributed by atoms with Crippen molar-refractivity contribution in [2.24, 2.45) is 0 Å². The first-order chi connectivity index (χ1) is 9.91. The first-order valence-electron chi connectivity index (χ1n) is 7.63. The summed E-state index contributed by atoms with van der Waals surface area (Å²) in [7, 11) is -3.32. The number of benzene rings is 1. The van der Waals surface area contributed by atoms with Gasteiger partial charge in [0.05, 0.1) is 16.2 Å². The number of hydrogen-bond acceptors (Lipinski definition) is 4. The van der Waals surface area contributed by atoms with E-state index in [1.807, 2.05) is 19.1 Å². The third kappa shape index (κ3) is 4.05. The van der Waals surface area contributed by atoms with Gasteiger partial charge in [-0.25, -0.2) is 8.42 Å². The number of rotatable bonds is 5. The number of nitrogens with one attached hydrogen (secondary N) is 1. The van der Waals surface area contributed by atoms with Crippen LogP contribution in [0.4, 0.5) is 0 Å². The SMILES string of the molecule is Cc1ccc(S(=O)(=O)C2CCCCC2NC[C@@H](C)O)cc1. The highest BCUT2D eigenvalue weighted by atomic mass is 32.2. The normalized spacial score (nSPS) is 24.7. The molecule has 5 heteroatoms. The van der Waals surface area contributed by atoms with Crippen molar-refractivity contribution in [1.29, 1.82) is 0 Å². The fourth-order valence-corrected chi connectivity index (χ4v) is 4.93. The van der Waals surface area contributed by atoms with E-state index in [1.165, 1.54) is 0 Å². The summed E-state index contributed by atoms with van der Waals surface area (Å²) in [6.07, 6.45) is 3.06. The van der Waals surface area contributed by atoms with Crippen LogP contribution in [0.2, 0.25) is 0 Å². The van der Waals surface area contributed by atoms with Crippen molar-refractivity contribution in [2.45, 2.75) is 61.8 Å². The average Bonchev–Trinajstić information content (AvgIpc) is 2.46. The molecule has 2 unspecified atom stereocenters. The lowest BCUT2D eigenvalue weighted by molar-refractivity contribution is 0.181. The van der Waals surface area contributed by atoms with Gasteiger partial charge in [-0.2, -0.15) is 0 Å². The largest absolute Gasteiger partial charge is 0.392 e. The Balaban J connectivity index is 2.20. The summed E-state index contributed by atoms with van der Waals surface area (Å²) >= 11 is 0. The predicted molar refractivity (Wildman–Crippen MR) is 84.1 cm³/mol. The fourth-order valence-electron chi connectivity index (χ4n) is 2.93. The van der Waals surface area contributed by atoms with Crippen molar-refractivity contribution in [3.05, 3.63) is 29.8 Å². The fraction of sp³-hybridized carbons (Fsp3) is 0.625. The first-order valence-corrected chi connectivity index (χ1v) is 9.18. The van der Waals surface area contributed by atoms with Crippen molar-refractivity contribution in [2.75, 3.05) is 6.54 Å². The lowest BCUT2D eigenvalue weighted by atomic mass is 9.95. The van der Waals surface area contributed by atoms with Crippen LogP contribution in [0.15, 0.2) is 29.2 Å². The summed E-state index contributed by atoms with van der Waals surface area (Å²) in [5, 5.41) is 12.2. The van der Waals surface area contributed by atoms with E-state index in [1.54, 1.807) is 19.1 Å². The molecule has 118 valence electrons. The quantitative estimate of drug-likeness (QED) is 0.873. The van der Waals surface area contributed by atoms with Gasteiger partial charge in [0, 0.05) is 12.6 Å². The summed E-state index contributed by atoms with van der Waals surface area (Å²) in [4.78, 5) is 0.406. The van der Waals surface area contributed by atoms with Crippen LogP contribution in [0.1, 0.15) is 38.2 Å². The minimum Gasteiger partial charge on any atom is -0.392 e. The second kappa shape index (κ2) is 6.90. The molecular weight excluding hydrogens is 286 g/mol. The van der Waals surface area contributed by atoms with E-state index in [0.717, 1.165) is 24.8 Å². The Labute approximate surface area is 127 Å². The molecule has 1 aliphatic carbocycles. The van der Waals surface area contributed by atoms with Crippen LogP contribution >= 0.6 is 0 Å². The van der Waals surface area contributed by atoms with Gasteiger partial charge in [-0.3, -0.25) is 0 Å². The van der Waals surface area contributed by atoms with E-state index in [-0.39, 0.29) is 6.04 Å². The van der Waals surface area contributed by atoms with E-state index in [4.69, 9.17) is 0 Å². The van der Waals surface area contributed by atoms with Crippen molar-refractivity contribution in [1.82, 2.24) is 5.32 Å². The van der Waals surface area contributed by atoms with Crippen molar-refractivity contribution < 1.29 is 13.5 Å². The summed E-state index contributed by atoms with van der Waals surface area (Å²) in [5.41, 5.74) is 1.06. The Kier molecular flexibility index (Phi) is 5.41. The van der Waals surface area contributed by atoms with Crippen molar-refractivity contribution >= 4 is 9.84 Å². The molecule has 1 aromatic carbocycles. The van der Waals surface area contributed by atoms with Crippen molar-refractivity contribution in [3.63, 3.8) is 0 Å². The van der Waals surface area contributed by atoms with Crippen LogP contribution in [-0.4, -0.2) is 37.5 Å². The van der Waals surface area contributed by atoms with Crippen molar-refractivity contribution in [3.8, 4) is 0 Å². The average molecular weight is 311 g/mol. The number of aryl methyl sites for hydroxylation is 1. The molecule has 4 nitrogen and oxygen atoms in total. The summed E-state index contributed by atoms with van der Waals surface area (Å²) in [5.74, 6) is 0. The van der Waals surface area contributed by atoms with Crippen LogP contribution in [0, 0.1) is 6.92 Å². The topological polar surface area (TPSA) is 66.4 Å². The Hall–Kier alpha value is -0.910. The molecule has 21 heavy (non-hydrogen) atoms. The minimum atomic E-state index is -3.32. The van der Waals surface area contributed by atoms with Crippen LogP contribution in [0.5, 0.6) is 0 Å². The summed E-state index contributed by atoms with van der Waals surface area (Å²) < 4.78 is 25.7. The molecule has 2 N–H and O–H groups in total. The molecule has 0 amide bonds. The zero-order chi connectivity index (χ0) is 15.5. The highest BCUT2D eigenvalue weighted by Gasteiger charge is 2.36.